The Labute approximate surface area is 124 Å². The second-order valence-electron chi connectivity index (χ2n) is 4.48. The topological polar surface area (TPSA) is 68.4 Å². The maximum Gasteiger partial charge on any atom is 0.161 e. The molecule has 2 rings (SSSR count). The Morgan fingerprint density at radius 3 is 2.67 bits per heavy atom. The number of aromatic amines is 1. The van der Waals surface area contributed by atoms with Gasteiger partial charge in [-0.15, -0.1) is 0 Å². The van der Waals surface area contributed by atoms with Crippen LogP contribution in [0, 0.1) is 0 Å². The molecule has 0 saturated heterocycles. The van der Waals surface area contributed by atoms with Gasteiger partial charge >= 0.3 is 0 Å². The van der Waals surface area contributed by atoms with E-state index in [-0.39, 0.29) is 0 Å². The maximum absolute atomic E-state index is 5.31. The minimum atomic E-state index is 0.677. The first-order chi connectivity index (χ1) is 10.3. The van der Waals surface area contributed by atoms with E-state index in [4.69, 9.17) is 14.2 Å². The molecule has 0 bridgehead atoms. The summed E-state index contributed by atoms with van der Waals surface area (Å²) in [5.74, 6) is 2.29. The molecule has 0 fully saturated rings. The normalized spacial score (nSPS) is 10.6. The molecule has 1 heterocycles. The standard InChI is InChI=1S/C15H21N3O3/c1-19-7-6-16-10-15-17-9-12(18-15)11-4-5-13(20-2)14(8-11)21-3/h4-5,8-9,16H,6-7,10H2,1-3H3,(H,17,18). The minimum Gasteiger partial charge on any atom is -0.493 e. The average Bonchev–Trinajstić information content (AvgIpc) is 2.99. The quantitative estimate of drug-likeness (QED) is 0.726. The molecule has 2 N–H and O–H groups in total. The summed E-state index contributed by atoms with van der Waals surface area (Å²) < 4.78 is 15.5. The van der Waals surface area contributed by atoms with Crippen molar-refractivity contribution in [3.63, 3.8) is 0 Å². The molecule has 1 aromatic carbocycles. The van der Waals surface area contributed by atoms with E-state index in [1.54, 1.807) is 21.3 Å². The molecule has 0 aliphatic carbocycles. The van der Waals surface area contributed by atoms with Crippen LogP contribution in [0.1, 0.15) is 5.82 Å². The third-order valence-corrected chi connectivity index (χ3v) is 3.10. The number of hydrogen-bond acceptors (Lipinski definition) is 5. The van der Waals surface area contributed by atoms with Crippen molar-refractivity contribution in [2.24, 2.45) is 0 Å². The molecule has 0 aliphatic rings. The third-order valence-electron chi connectivity index (χ3n) is 3.10. The van der Waals surface area contributed by atoms with Gasteiger partial charge in [-0.1, -0.05) is 0 Å². The zero-order chi connectivity index (χ0) is 15.1. The Morgan fingerprint density at radius 1 is 1.14 bits per heavy atom. The number of imidazole rings is 1. The van der Waals surface area contributed by atoms with Gasteiger partial charge in [0.05, 0.1) is 39.3 Å². The summed E-state index contributed by atoms with van der Waals surface area (Å²) >= 11 is 0. The molecule has 0 amide bonds. The summed E-state index contributed by atoms with van der Waals surface area (Å²) in [7, 11) is 4.93. The molecule has 6 heteroatoms. The fourth-order valence-corrected chi connectivity index (χ4v) is 1.98. The van der Waals surface area contributed by atoms with E-state index in [1.165, 1.54) is 0 Å². The van der Waals surface area contributed by atoms with Crippen LogP contribution in [0.3, 0.4) is 0 Å². The lowest BCUT2D eigenvalue weighted by molar-refractivity contribution is 0.199. The van der Waals surface area contributed by atoms with Crippen molar-refractivity contribution in [1.29, 1.82) is 0 Å². The van der Waals surface area contributed by atoms with E-state index in [1.807, 2.05) is 24.4 Å². The van der Waals surface area contributed by atoms with Crippen LogP contribution in [0.25, 0.3) is 11.3 Å². The van der Waals surface area contributed by atoms with E-state index < -0.39 is 0 Å². The molecule has 0 atom stereocenters. The van der Waals surface area contributed by atoms with Crippen molar-refractivity contribution in [3.05, 3.63) is 30.2 Å². The van der Waals surface area contributed by atoms with Gasteiger partial charge in [-0.3, -0.25) is 0 Å². The highest BCUT2D eigenvalue weighted by Crippen LogP contribution is 2.31. The predicted molar refractivity (Wildman–Crippen MR) is 80.7 cm³/mol. The van der Waals surface area contributed by atoms with Gasteiger partial charge in [0.1, 0.15) is 5.82 Å². The van der Waals surface area contributed by atoms with E-state index in [0.717, 1.165) is 23.6 Å². The fraction of sp³-hybridized carbons (Fsp3) is 0.400. The van der Waals surface area contributed by atoms with E-state index in [9.17, 15) is 0 Å². The van der Waals surface area contributed by atoms with Crippen LogP contribution in [0.15, 0.2) is 24.4 Å². The van der Waals surface area contributed by atoms with E-state index >= 15 is 0 Å². The molecule has 114 valence electrons. The summed E-state index contributed by atoms with van der Waals surface area (Å²) in [6, 6.07) is 5.77. The Morgan fingerprint density at radius 2 is 1.95 bits per heavy atom. The number of rotatable bonds is 8. The number of aromatic nitrogens is 2. The lowest BCUT2D eigenvalue weighted by Gasteiger charge is -2.08. The van der Waals surface area contributed by atoms with Gasteiger partial charge in [-0.2, -0.15) is 0 Å². The van der Waals surface area contributed by atoms with Crippen LogP contribution in [0.2, 0.25) is 0 Å². The van der Waals surface area contributed by atoms with E-state index in [0.29, 0.717) is 24.7 Å². The van der Waals surface area contributed by atoms with Gasteiger partial charge in [0, 0.05) is 19.2 Å². The van der Waals surface area contributed by atoms with Crippen molar-refractivity contribution in [2.45, 2.75) is 6.54 Å². The molecule has 21 heavy (non-hydrogen) atoms. The Bertz CT molecular complexity index is 569. The van der Waals surface area contributed by atoms with Crippen LogP contribution in [-0.4, -0.2) is 44.4 Å². The van der Waals surface area contributed by atoms with Gasteiger partial charge in [0.15, 0.2) is 11.5 Å². The lowest BCUT2D eigenvalue weighted by atomic mass is 10.1. The predicted octanol–water partition coefficient (Wildman–Crippen LogP) is 1.83. The van der Waals surface area contributed by atoms with Crippen LogP contribution in [0.5, 0.6) is 11.5 Å². The van der Waals surface area contributed by atoms with Crippen molar-refractivity contribution < 1.29 is 14.2 Å². The summed E-state index contributed by atoms with van der Waals surface area (Å²) in [6.45, 7) is 2.16. The Kier molecular flexibility index (Phi) is 5.59. The zero-order valence-corrected chi connectivity index (χ0v) is 12.6. The summed E-state index contributed by atoms with van der Waals surface area (Å²) in [6.07, 6.45) is 1.81. The SMILES string of the molecule is COCCNCc1ncc(-c2ccc(OC)c(OC)c2)[nH]1. The van der Waals surface area contributed by atoms with Crippen molar-refractivity contribution in [1.82, 2.24) is 15.3 Å². The van der Waals surface area contributed by atoms with Crippen LogP contribution >= 0.6 is 0 Å². The van der Waals surface area contributed by atoms with Crippen LogP contribution in [-0.2, 0) is 11.3 Å². The number of hydrogen-bond donors (Lipinski definition) is 2. The molecule has 0 aliphatic heterocycles. The van der Waals surface area contributed by atoms with Crippen molar-refractivity contribution in [3.8, 4) is 22.8 Å². The molecule has 0 radical (unpaired) electrons. The number of benzene rings is 1. The van der Waals surface area contributed by atoms with Crippen molar-refractivity contribution >= 4 is 0 Å². The highest BCUT2D eigenvalue weighted by molar-refractivity contribution is 5.63. The molecule has 0 spiro atoms. The van der Waals surface area contributed by atoms with Crippen molar-refractivity contribution in [2.75, 3.05) is 34.5 Å². The highest BCUT2D eigenvalue weighted by Gasteiger charge is 2.08. The summed E-state index contributed by atoms with van der Waals surface area (Å²) in [4.78, 5) is 7.64. The maximum atomic E-state index is 5.31. The highest BCUT2D eigenvalue weighted by atomic mass is 16.5. The molecule has 6 nitrogen and oxygen atoms in total. The third kappa shape index (κ3) is 3.96. The smallest absolute Gasteiger partial charge is 0.161 e. The Hall–Kier alpha value is -2.05. The number of nitrogens with zero attached hydrogens (tertiary/aromatic N) is 1. The molecule has 0 saturated carbocycles. The number of nitrogens with one attached hydrogen (secondary N) is 2. The van der Waals surface area contributed by atoms with Gasteiger partial charge in [0.25, 0.3) is 0 Å². The largest absolute Gasteiger partial charge is 0.493 e. The lowest BCUT2D eigenvalue weighted by Crippen LogP contribution is -2.19. The summed E-state index contributed by atoms with van der Waals surface area (Å²) in [5, 5.41) is 3.24. The first-order valence-corrected chi connectivity index (χ1v) is 6.74. The van der Waals surface area contributed by atoms with E-state index in [2.05, 4.69) is 15.3 Å². The first-order valence-electron chi connectivity index (χ1n) is 6.74. The molecule has 2 aromatic rings. The zero-order valence-electron chi connectivity index (χ0n) is 12.6. The Balaban J connectivity index is 2.06. The fourth-order valence-electron chi connectivity index (χ4n) is 1.98. The number of H-pyrrole nitrogens is 1. The molecular formula is C15H21N3O3. The second kappa shape index (κ2) is 7.66. The van der Waals surface area contributed by atoms with Crippen LogP contribution < -0.4 is 14.8 Å². The van der Waals surface area contributed by atoms with Gasteiger partial charge < -0.3 is 24.5 Å². The van der Waals surface area contributed by atoms with Gasteiger partial charge in [0.2, 0.25) is 0 Å². The summed E-state index contributed by atoms with van der Waals surface area (Å²) in [5.41, 5.74) is 1.95. The van der Waals surface area contributed by atoms with Crippen LogP contribution in [0.4, 0.5) is 0 Å². The second-order valence-corrected chi connectivity index (χ2v) is 4.48. The monoisotopic (exact) mass is 291 g/mol. The first kappa shape index (κ1) is 15.3. The molecular weight excluding hydrogens is 270 g/mol. The minimum absolute atomic E-state index is 0.677. The van der Waals surface area contributed by atoms with Gasteiger partial charge in [-0.25, -0.2) is 4.98 Å². The van der Waals surface area contributed by atoms with Gasteiger partial charge in [-0.05, 0) is 18.2 Å². The number of ether oxygens (including phenoxy) is 3. The number of methoxy groups -OCH3 is 3. The molecule has 1 aromatic heterocycles. The molecule has 0 unspecified atom stereocenters. The average molecular weight is 291 g/mol.